The van der Waals surface area contributed by atoms with Gasteiger partial charge in [-0.2, -0.15) is 0 Å². The third-order valence-electron chi connectivity index (χ3n) is 4.37. The van der Waals surface area contributed by atoms with Crippen LogP contribution in [0.2, 0.25) is 5.02 Å². The molecule has 0 aliphatic carbocycles. The maximum absolute atomic E-state index is 14.1. The fourth-order valence-electron chi connectivity index (χ4n) is 2.72. The van der Waals surface area contributed by atoms with Crippen LogP contribution in [0.4, 0.5) is 8.78 Å². The highest BCUT2D eigenvalue weighted by Gasteiger charge is 2.27. The van der Waals surface area contributed by atoms with Gasteiger partial charge in [0.05, 0.1) is 6.42 Å². The summed E-state index contributed by atoms with van der Waals surface area (Å²) in [6.45, 7) is 4.11. The first-order chi connectivity index (χ1) is 13.3. The minimum absolute atomic E-state index is 0.0828. The third-order valence-corrected chi connectivity index (χ3v) is 4.73. The second-order valence-corrected chi connectivity index (χ2v) is 6.90. The fraction of sp³-hybridized carbons (Fsp3) is 0.333. The van der Waals surface area contributed by atoms with Crippen molar-refractivity contribution in [1.82, 2.24) is 10.2 Å². The van der Waals surface area contributed by atoms with Gasteiger partial charge >= 0.3 is 0 Å². The van der Waals surface area contributed by atoms with Gasteiger partial charge in [-0.1, -0.05) is 36.7 Å². The second kappa shape index (κ2) is 10.2. The van der Waals surface area contributed by atoms with E-state index in [0.29, 0.717) is 12.1 Å². The summed E-state index contributed by atoms with van der Waals surface area (Å²) in [7, 11) is 0. The van der Waals surface area contributed by atoms with Gasteiger partial charge in [0.15, 0.2) is 0 Å². The predicted molar refractivity (Wildman–Crippen MR) is 105 cm³/mol. The Morgan fingerprint density at radius 3 is 2.43 bits per heavy atom. The van der Waals surface area contributed by atoms with Crippen molar-refractivity contribution in [2.24, 2.45) is 0 Å². The number of hydrogen-bond acceptors (Lipinski definition) is 2. The molecule has 0 saturated heterocycles. The summed E-state index contributed by atoms with van der Waals surface area (Å²) >= 11 is 6.03. The molecular formula is C21H23ClF2N2O2. The minimum Gasteiger partial charge on any atom is -0.354 e. The number of hydrogen-bond donors (Lipinski definition) is 1. The molecule has 1 N–H and O–H groups in total. The lowest BCUT2D eigenvalue weighted by Gasteiger charge is -2.29. The molecule has 0 fully saturated rings. The molecule has 0 radical (unpaired) electrons. The molecule has 0 aliphatic heterocycles. The monoisotopic (exact) mass is 408 g/mol. The molecule has 2 amide bonds. The smallest absolute Gasteiger partial charge is 0.242 e. The first-order valence-corrected chi connectivity index (χ1v) is 9.45. The third kappa shape index (κ3) is 5.76. The van der Waals surface area contributed by atoms with E-state index < -0.39 is 23.6 Å². The van der Waals surface area contributed by atoms with Gasteiger partial charge in [-0.3, -0.25) is 9.59 Å². The molecule has 0 saturated carbocycles. The Bertz CT molecular complexity index is 807. The Balaban J connectivity index is 2.26. The minimum atomic E-state index is -0.783. The first kappa shape index (κ1) is 21.8. The first-order valence-electron chi connectivity index (χ1n) is 9.08. The van der Waals surface area contributed by atoms with Crippen LogP contribution in [0.15, 0.2) is 42.5 Å². The number of amides is 2. The van der Waals surface area contributed by atoms with Crippen LogP contribution in [0.5, 0.6) is 0 Å². The zero-order valence-corrected chi connectivity index (χ0v) is 16.6. The van der Waals surface area contributed by atoms with Crippen LogP contribution in [0.25, 0.3) is 0 Å². The molecule has 1 unspecified atom stereocenters. The molecule has 150 valence electrons. The summed E-state index contributed by atoms with van der Waals surface area (Å²) in [6.07, 6.45) is 0.479. The van der Waals surface area contributed by atoms with E-state index in [4.69, 9.17) is 11.6 Å². The molecule has 2 aromatic rings. The zero-order chi connectivity index (χ0) is 20.7. The van der Waals surface area contributed by atoms with Gasteiger partial charge in [0, 0.05) is 23.7 Å². The number of benzene rings is 2. The molecule has 0 bridgehead atoms. The molecule has 0 spiro atoms. The number of carbonyl (C=O) groups excluding carboxylic acids is 2. The Labute approximate surface area is 168 Å². The lowest BCUT2D eigenvalue weighted by atomic mass is 10.1. The number of nitrogens with one attached hydrogen (secondary N) is 1. The molecule has 4 nitrogen and oxygen atoms in total. The van der Waals surface area contributed by atoms with Crippen molar-refractivity contribution in [1.29, 1.82) is 0 Å². The average Bonchev–Trinajstić information content (AvgIpc) is 2.67. The van der Waals surface area contributed by atoms with E-state index in [1.54, 1.807) is 19.1 Å². The van der Waals surface area contributed by atoms with E-state index in [-0.39, 0.29) is 29.5 Å². The zero-order valence-electron chi connectivity index (χ0n) is 15.8. The number of halogens is 3. The van der Waals surface area contributed by atoms with Crippen molar-refractivity contribution in [2.45, 2.75) is 39.3 Å². The predicted octanol–water partition coefficient (Wildman–Crippen LogP) is 4.10. The van der Waals surface area contributed by atoms with Gasteiger partial charge in [0.1, 0.15) is 17.7 Å². The van der Waals surface area contributed by atoms with Crippen LogP contribution in [0, 0.1) is 11.6 Å². The topological polar surface area (TPSA) is 49.4 Å². The standard InChI is InChI=1S/C21H23ClF2N2O2/c1-3-11-25-21(28)14(2)26(13-15-7-9-16(23)10-8-15)20(27)12-17-18(22)5-4-6-19(17)24/h4-10,14H,3,11-13H2,1-2H3,(H,25,28). The van der Waals surface area contributed by atoms with Crippen LogP contribution in [-0.2, 0) is 22.6 Å². The van der Waals surface area contributed by atoms with Gasteiger partial charge in [0.2, 0.25) is 11.8 Å². The van der Waals surface area contributed by atoms with Crippen LogP contribution in [0.3, 0.4) is 0 Å². The summed E-state index contributed by atoms with van der Waals surface area (Å²) < 4.78 is 27.3. The Kier molecular flexibility index (Phi) is 7.93. The number of rotatable bonds is 8. The van der Waals surface area contributed by atoms with Crippen LogP contribution in [-0.4, -0.2) is 29.3 Å². The highest BCUT2D eigenvalue weighted by molar-refractivity contribution is 6.31. The molecular weight excluding hydrogens is 386 g/mol. The van der Waals surface area contributed by atoms with Gasteiger partial charge < -0.3 is 10.2 Å². The van der Waals surface area contributed by atoms with Gasteiger partial charge in [-0.15, -0.1) is 0 Å². The molecule has 0 heterocycles. The Hall–Kier alpha value is -2.47. The van der Waals surface area contributed by atoms with Crippen LogP contribution >= 0.6 is 11.6 Å². The van der Waals surface area contributed by atoms with E-state index >= 15 is 0 Å². The summed E-state index contributed by atoms with van der Waals surface area (Å²) in [5.74, 6) is -1.73. The largest absolute Gasteiger partial charge is 0.354 e. The van der Waals surface area contributed by atoms with Crippen LogP contribution < -0.4 is 5.32 Å². The van der Waals surface area contributed by atoms with Crippen molar-refractivity contribution in [3.63, 3.8) is 0 Å². The van der Waals surface area contributed by atoms with Gasteiger partial charge in [0.25, 0.3) is 0 Å². The Morgan fingerprint density at radius 1 is 1.14 bits per heavy atom. The highest BCUT2D eigenvalue weighted by Crippen LogP contribution is 2.21. The van der Waals surface area contributed by atoms with Gasteiger partial charge in [-0.25, -0.2) is 8.78 Å². The Morgan fingerprint density at radius 2 is 1.82 bits per heavy atom. The molecule has 2 aromatic carbocycles. The molecule has 2 rings (SSSR count). The highest BCUT2D eigenvalue weighted by atomic mass is 35.5. The summed E-state index contributed by atoms with van der Waals surface area (Å²) in [6, 6.07) is 9.08. The van der Waals surface area contributed by atoms with Crippen molar-refractivity contribution in [2.75, 3.05) is 6.54 Å². The molecule has 7 heteroatoms. The lowest BCUT2D eigenvalue weighted by molar-refractivity contribution is -0.140. The van der Waals surface area contributed by atoms with E-state index in [9.17, 15) is 18.4 Å². The summed E-state index contributed by atoms with van der Waals surface area (Å²) in [5.41, 5.74) is 0.740. The van der Waals surface area contributed by atoms with Gasteiger partial charge in [-0.05, 0) is 43.2 Å². The lowest BCUT2D eigenvalue weighted by Crippen LogP contribution is -2.48. The SMILES string of the molecule is CCCNC(=O)C(C)N(Cc1ccc(F)cc1)C(=O)Cc1c(F)cccc1Cl. The molecule has 0 aliphatic rings. The van der Waals surface area contributed by atoms with E-state index in [0.717, 1.165) is 6.42 Å². The van der Waals surface area contributed by atoms with Crippen molar-refractivity contribution < 1.29 is 18.4 Å². The van der Waals surface area contributed by atoms with Crippen LogP contribution in [0.1, 0.15) is 31.4 Å². The second-order valence-electron chi connectivity index (χ2n) is 6.49. The summed E-state index contributed by atoms with van der Waals surface area (Å²) in [4.78, 5) is 26.7. The fourth-order valence-corrected chi connectivity index (χ4v) is 2.95. The molecule has 28 heavy (non-hydrogen) atoms. The number of nitrogens with zero attached hydrogens (tertiary/aromatic N) is 1. The maximum atomic E-state index is 14.1. The normalized spacial score (nSPS) is 11.8. The van der Waals surface area contributed by atoms with Crippen molar-refractivity contribution >= 4 is 23.4 Å². The average molecular weight is 409 g/mol. The maximum Gasteiger partial charge on any atom is 0.242 e. The van der Waals surface area contributed by atoms with Crippen molar-refractivity contribution in [3.05, 3.63) is 70.2 Å². The van der Waals surface area contributed by atoms with E-state index in [1.165, 1.54) is 35.2 Å². The van der Waals surface area contributed by atoms with Crippen molar-refractivity contribution in [3.8, 4) is 0 Å². The quantitative estimate of drug-likeness (QED) is 0.714. The molecule has 0 aromatic heterocycles. The van der Waals surface area contributed by atoms with E-state index in [1.807, 2.05) is 6.92 Å². The number of carbonyl (C=O) groups is 2. The van der Waals surface area contributed by atoms with E-state index in [2.05, 4.69) is 5.32 Å². The summed E-state index contributed by atoms with van der Waals surface area (Å²) in [5, 5.41) is 2.91. The molecule has 1 atom stereocenters.